The van der Waals surface area contributed by atoms with Crippen LogP contribution >= 0.6 is 0 Å². The predicted molar refractivity (Wildman–Crippen MR) is 93.5 cm³/mol. The zero-order valence-corrected chi connectivity index (χ0v) is 15.1. The Bertz CT molecular complexity index is 858. The number of benzene rings is 1. The number of hydrogen-bond donors (Lipinski definition) is 2. The second-order valence-electron chi connectivity index (χ2n) is 6.31. The highest BCUT2D eigenvalue weighted by Gasteiger charge is 2.23. The first-order chi connectivity index (χ1) is 11.9. The molecule has 0 saturated heterocycles. The fourth-order valence-corrected chi connectivity index (χ4v) is 4.10. The zero-order valence-electron chi connectivity index (χ0n) is 14.3. The zero-order chi connectivity index (χ0) is 18.0. The largest absolute Gasteiger partial charge is 0.334 e. The number of rotatable bonds is 5. The first-order valence-electron chi connectivity index (χ1n) is 8.33. The second kappa shape index (κ2) is 6.97. The van der Waals surface area contributed by atoms with E-state index in [1.165, 1.54) is 12.1 Å². The van der Waals surface area contributed by atoms with Crippen molar-refractivity contribution < 1.29 is 13.2 Å². The number of hydrogen-bond acceptors (Lipinski definition) is 4. The highest BCUT2D eigenvalue weighted by atomic mass is 32.2. The van der Waals surface area contributed by atoms with Crippen LogP contribution in [0.1, 0.15) is 41.9 Å². The van der Waals surface area contributed by atoms with Gasteiger partial charge in [0.15, 0.2) is 0 Å². The van der Waals surface area contributed by atoms with E-state index in [0.717, 1.165) is 17.7 Å². The first-order valence-corrected chi connectivity index (χ1v) is 9.82. The van der Waals surface area contributed by atoms with Crippen molar-refractivity contribution >= 4 is 15.9 Å². The Hall–Kier alpha value is -2.19. The summed E-state index contributed by atoms with van der Waals surface area (Å²) in [7, 11) is -3.56. The molecule has 3 rings (SSSR count). The third-order valence-corrected chi connectivity index (χ3v) is 6.07. The molecule has 1 aliphatic rings. The van der Waals surface area contributed by atoms with E-state index in [-0.39, 0.29) is 16.8 Å². The minimum atomic E-state index is -3.56. The van der Waals surface area contributed by atoms with Crippen LogP contribution in [0.3, 0.4) is 0 Å². The molecule has 0 spiro atoms. The van der Waals surface area contributed by atoms with E-state index in [1.54, 1.807) is 23.2 Å². The van der Waals surface area contributed by atoms with Crippen LogP contribution < -0.4 is 4.72 Å². The van der Waals surface area contributed by atoms with Gasteiger partial charge in [-0.25, -0.2) is 13.1 Å². The standard InChI is InChI=1S/C17H22N4O3S/c1-3-12(2)20-25(23,24)15-6-4-13(5-7-15)17(22)21-9-8-16-14(11-21)10-18-19-16/h4-7,10,12,20H,3,8-9,11H2,1-2H3,(H,18,19). The minimum Gasteiger partial charge on any atom is -0.334 e. The molecule has 7 nitrogen and oxygen atoms in total. The molecule has 2 heterocycles. The Labute approximate surface area is 147 Å². The average molecular weight is 362 g/mol. The van der Waals surface area contributed by atoms with E-state index >= 15 is 0 Å². The third-order valence-electron chi connectivity index (χ3n) is 4.47. The Kier molecular flexibility index (Phi) is 4.91. The van der Waals surface area contributed by atoms with E-state index in [0.29, 0.717) is 25.1 Å². The number of carbonyl (C=O) groups is 1. The van der Waals surface area contributed by atoms with Crippen molar-refractivity contribution in [2.75, 3.05) is 6.54 Å². The SMILES string of the molecule is CCC(C)NS(=O)(=O)c1ccc(C(=O)N2CCc3[nH]ncc3C2)cc1. The summed E-state index contributed by atoms with van der Waals surface area (Å²) >= 11 is 0. The Morgan fingerprint density at radius 3 is 2.76 bits per heavy atom. The van der Waals surface area contributed by atoms with Gasteiger partial charge in [-0.1, -0.05) is 6.92 Å². The van der Waals surface area contributed by atoms with Crippen LogP contribution in [0.2, 0.25) is 0 Å². The molecule has 1 aromatic heterocycles. The topological polar surface area (TPSA) is 95.2 Å². The van der Waals surface area contributed by atoms with Crippen LogP contribution in [0, 0.1) is 0 Å². The van der Waals surface area contributed by atoms with Gasteiger partial charge in [-0.2, -0.15) is 5.10 Å². The first kappa shape index (κ1) is 17.6. The van der Waals surface area contributed by atoms with E-state index in [4.69, 9.17) is 0 Å². The fourth-order valence-electron chi connectivity index (χ4n) is 2.77. The molecule has 0 aliphatic carbocycles. The summed E-state index contributed by atoms with van der Waals surface area (Å²) < 4.78 is 27.2. The Morgan fingerprint density at radius 1 is 1.36 bits per heavy atom. The lowest BCUT2D eigenvalue weighted by molar-refractivity contribution is 0.0734. The highest BCUT2D eigenvalue weighted by Crippen LogP contribution is 2.19. The van der Waals surface area contributed by atoms with Gasteiger partial charge in [-0.3, -0.25) is 9.89 Å². The maximum Gasteiger partial charge on any atom is 0.254 e. The number of fused-ring (bicyclic) bond motifs is 1. The van der Waals surface area contributed by atoms with Gasteiger partial charge in [0.1, 0.15) is 0 Å². The van der Waals surface area contributed by atoms with Crippen LogP contribution in [0.4, 0.5) is 0 Å². The molecule has 25 heavy (non-hydrogen) atoms. The number of nitrogens with one attached hydrogen (secondary N) is 2. The lowest BCUT2D eigenvalue weighted by Crippen LogP contribution is -2.35. The number of aromatic amines is 1. The van der Waals surface area contributed by atoms with E-state index < -0.39 is 10.0 Å². The van der Waals surface area contributed by atoms with Crippen molar-refractivity contribution in [2.45, 2.75) is 44.2 Å². The summed E-state index contributed by atoms with van der Waals surface area (Å²) in [6, 6.07) is 5.96. The number of carbonyl (C=O) groups excluding carboxylic acids is 1. The molecule has 0 bridgehead atoms. The van der Waals surface area contributed by atoms with Crippen LogP contribution in [0.5, 0.6) is 0 Å². The highest BCUT2D eigenvalue weighted by molar-refractivity contribution is 7.89. The lowest BCUT2D eigenvalue weighted by Gasteiger charge is -2.26. The molecule has 2 aromatic rings. The van der Waals surface area contributed by atoms with Crippen LogP contribution in [0.15, 0.2) is 35.4 Å². The molecular formula is C17H22N4O3S. The molecule has 1 aromatic carbocycles. The maximum absolute atomic E-state index is 12.6. The van der Waals surface area contributed by atoms with Gasteiger partial charge in [0, 0.05) is 42.4 Å². The van der Waals surface area contributed by atoms with Gasteiger partial charge in [0.25, 0.3) is 5.91 Å². The third kappa shape index (κ3) is 3.74. The van der Waals surface area contributed by atoms with Crippen molar-refractivity contribution in [1.29, 1.82) is 0 Å². The van der Waals surface area contributed by atoms with Crippen molar-refractivity contribution in [2.24, 2.45) is 0 Å². The maximum atomic E-state index is 12.6. The molecule has 1 unspecified atom stereocenters. The summed E-state index contributed by atoms with van der Waals surface area (Å²) in [5.74, 6) is -0.106. The molecule has 0 radical (unpaired) electrons. The summed E-state index contributed by atoms with van der Waals surface area (Å²) in [6.07, 6.45) is 3.19. The van der Waals surface area contributed by atoms with E-state index in [1.807, 2.05) is 13.8 Å². The summed E-state index contributed by atoms with van der Waals surface area (Å²) in [5.41, 5.74) is 2.58. The van der Waals surface area contributed by atoms with Gasteiger partial charge >= 0.3 is 0 Å². The van der Waals surface area contributed by atoms with Crippen molar-refractivity contribution in [3.8, 4) is 0 Å². The molecular weight excluding hydrogens is 340 g/mol. The van der Waals surface area contributed by atoms with E-state index in [2.05, 4.69) is 14.9 Å². The molecule has 1 atom stereocenters. The summed E-state index contributed by atoms with van der Waals surface area (Å²) in [5, 5.41) is 6.94. The normalized spacial score (nSPS) is 15.7. The number of H-pyrrole nitrogens is 1. The molecule has 1 aliphatic heterocycles. The van der Waals surface area contributed by atoms with Gasteiger partial charge < -0.3 is 4.90 Å². The molecule has 2 N–H and O–H groups in total. The second-order valence-corrected chi connectivity index (χ2v) is 8.02. The van der Waals surface area contributed by atoms with Gasteiger partial charge in [0.2, 0.25) is 10.0 Å². The number of nitrogens with zero attached hydrogens (tertiary/aromatic N) is 2. The van der Waals surface area contributed by atoms with Crippen molar-refractivity contribution in [1.82, 2.24) is 19.8 Å². The smallest absolute Gasteiger partial charge is 0.254 e. The van der Waals surface area contributed by atoms with Gasteiger partial charge in [-0.15, -0.1) is 0 Å². The number of sulfonamides is 1. The van der Waals surface area contributed by atoms with Gasteiger partial charge in [-0.05, 0) is 37.6 Å². The number of amides is 1. The van der Waals surface area contributed by atoms with Crippen LogP contribution in [0.25, 0.3) is 0 Å². The quantitative estimate of drug-likeness (QED) is 0.846. The predicted octanol–water partition coefficient (Wildman–Crippen LogP) is 1.68. The lowest BCUT2D eigenvalue weighted by atomic mass is 10.1. The Balaban J connectivity index is 1.73. The molecule has 0 fully saturated rings. The molecule has 1 amide bonds. The van der Waals surface area contributed by atoms with Crippen LogP contribution in [-0.2, 0) is 23.0 Å². The number of aromatic nitrogens is 2. The van der Waals surface area contributed by atoms with Crippen molar-refractivity contribution in [3.05, 3.63) is 47.3 Å². The summed E-state index contributed by atoms with van der Waals surface area (Å²) in [6.45, 7) is 4.86. The Morgan fingerprint density at radius 2 is 2.08 bits per heavy atom. The van der Waals surface area contributed by atoms with Crippen molar-refractivity contribution in [3.63, 3.8) is 0 Å². The monoisotopic (exact) mass is 362 g/mol. The molecule has 8 heteroatoms. The van der Waals surface area contributed by atoms with Crippen LogP contribution in [-0.4, -0.2) is 42.0 Å². The van der Waals surface area contributed by atoms with E-state index in [9.17, 15) is 13.2 Å². The summed E-state index contributed by atoms with van der Waals surface area (Å²) in [4.78, 5) is 14.6. The molecule has 134 valence electrons. The minimum absolute atomic E-state index is 0.106. The fraction of sp³-hybridized carbons (Fsp3) is 0.412. The average Bonchev–Trinajstić information content (AvgIpc) is 3.08. The van der Waals surface area contributed by atoms with Gasteiger partial charge in [0.05, 0.1) is 11.1 Å². The molecule has 0 saturated carbocycles.